The molecular formula is C15H23NO. The number of hydrogen-bond acceptors (Lipinski definition) is 2. The summed E-state index contributed by atoms with van der Waals surface area (Å²) in [4.78, 5) is 0. The molecule has 1 aromatic rings. The van der Waals surface area contributed by atoms with Crippen LogP contribution < -0.4 is 10.5 Å². The Kier molecular flexibility index (Phi) is 3.17. The lowest BCUT2D eigenvalue weighted by atomic mass is 9.83. The van der Waals surface area contributed by atoms with Gasteiger partial charge < -0.3 is 10.5 Å². The highest BCUT2D eigenvalue weighted by molar-refractivity contribution is 5.47. The van der Waals surface area contributed by atoms with Gasteiger partial charge in [0.15, 0.2) is 0 Å². The molecule has 2 nitrogen and oxygen atoms in total. The largest absolute Gasteiger partial charge is 0.496 e. The molecular weight excluding hydrogens is 210 g/mol. The molecule has 0 fully saturated rings. The Morgan fingerprint density at radius 1 is 1.35 bits per heavy atom. The van der Waals surface area contributed by atoms with Gasteiger partial charge in [-0.25, -0.2) is 0 Å². The van der Waals surface area contributed by atoms with Crippen molar-refractivity contribution in [3.8, 4) is 5.75 Å². The summed E-state index contributed by atoms with van der Waals surface area (Å²) in [6, 6.07) is 4.33. The van der Waals surface area contributed by atoms with Crippen molar-refractivity contribution in [2.75, 3.05) is 7.11 Å². The molecule has 0 heterocycles. The number of hydrogen-bond donors (Lipinski definition) is 1. The van der Waals surface area contributed by atoms with Gasteiger partial charge in [0.2, 0.25) is 0 Å². The van der Waals surface area contributed by atoms with Crippen LogP contribution in [0.1, 0.15) is 49.4 Å². The molecule has 0 bridgehead atoms. The highest BCUT2D eigenvalue weighted by Gasteiger charge is 2.29. The molecule has 17 heavy (non-hydrogen) atoms. The Morgan fingerprint density at radius 2 is 2.06 bits per heavy atom. The SMILES string of the molecule is COc1ccc(C)c2c1CCC(C)(C)CC2N. The van der Waals surface area contributed by atoms with E-state index in [0.717, 1.165) is 18.6 Å². The number of nitrogens with two attached hydrogens (primary N) is 1. The Labute approximate surface area is 104 Å². The third-order valence-electron chi connectivity index (χ3n) is 3.95. The number of benzene rings is 1. The zero-order chi connectivity index (χ0) is 12.6. The van der Waals surface area contributed by atoms with Crippen molar-refractivity contribution >= 4 is 0 Å². The van der Waals surface area contributed by atoms with Crippen LogP contribution >= 0.6 is 0 Å². The van der Waals surface area contributed by atoms with Gasteiger partial charge in [0.25, 0.3) is 0 Å². The van der Waals surface area contributed by atoms with Crippen LogP contribution in [-0.4, -0.2) is 7.11 Å². The smallest absolute Gasteiger partial charge is 0.122 e. The van der Waals surface area contributed by atoms with E-state index in [2.05, 4.69) is 32.9 Å². The number of fused-ring (bicyclic) bond motifs is 1. The molecule has 2 rings (SSSR count). The average Bonchev–Trinajstić information content (AvgIpc) is 2.36. The molecule has 1 unspecified atom stereocenters. The number of methoxy groups -OCH3 is 1. The molecule has 0 aliphatic heterocycles. The van der Waals surface area contributed by atoms with Crippen LogP contribution in [0.15, 0.2) is 12.1 Å². The van der Waals surface area contributed by atoms with E-state index in [9.17, 15) is 0 Å². The molecule has 0 radical (unpaired) electrons. The summed E-state index contributed by atoms with van der Waals surface area (Å²) in [5.41, 5.74) is 10.6. The zero-order valence-electron chi connectivity index (χ0n) is 11.3. The fraction of sp³-hybridized carbons (Fsp3) is 0.600. The molecule has 1 aromatic carbocycles. The zero-order valence-corrected chi connectivity index (χ0v) is 11.3. The third kappa shape index (κ3) is 2.32. The van der Waals surface area contributed by atoms with Crippen LogP contribution in [0.4, 0.5) is 0 Å². The summed E-state index contributed by atoms with van der Waals surface area (Å²) < 4.78 is 5.48. The van der Waals surface area contributed by atoms with E-state index < -0.39 is 0 Å². The highest BCUT2D eigenvalue weighted by atomic mass is 16.5. The fourth-order valence-electron chi connectivity index (χ4n) is 2.99. The fourth-order valence-corrected chi connectivity index (χ4v) is 2.99. The molecule has 0 amide bonds. The quantitative estimate of drug-likeness (QED) is 0.755. The average molecular weight is 233 g/mol. The van der Waals surface area contributed by atoms with Gasteiger partial charge >= 0.3 is 0 Å². The lowest BCUT2D eigenvalue weighted by molar-refractivity contribution is 0.293. The summed E-state index contributed by atoms with van der Waals surface area (Å²) in [7, 11) is 1.74. The minimum absolute atomic E-state index is 0.137. The third-order valence-corrected chi connectivity index (χ3v) is 3.95. The van der Waals surface area contributed by atoms with Gasteiger partial charge in [-0.3, -0.25) is 0 Å². The van der Waals surface area contributed by atoms with E-state index in [-0.39, 0.29) is 6.04 Å². The Morgan fingerprint density at radius 3 is 2.71 bits per heavy atom. The summed E-state index contributed by atoms with van der Waals surface area (Å²) in [6.07, 6.45) is 3.29. The molecule has 0 saturated carbocycles. The van der Waals surface area contributed by atoms with Crippen LogP contribution in [-0.2, 0) is 6.42 Å². The van der Waals surface area contributed by atoms with Crippen LogP contribution in [0.3, 0.4) is 0 Å². The van der Waals surface area contributed by atoms with Crippen LogP contribution in [0.25, 0.3) is 0 Å². The lowest BCUT2D eigenvalue weighted by Crippen LogP contribution is -2.19. The van der Waals surface area contributed by atoms with Gasteiger partial charge in [0.05, 0.1) is 7.11 Å². The first-order valence-corrected chi connectivity index (χ1v) is 6.36. The van der Waals surface area contributed by atoms with E-state index in [0.29, 0.717) is 5.41 Å². The molecule has 0 spiro atoms. The van der Waals surface area contributed by atoms with Gasteiger partial charge in [-0.05, 0) is 54.4 Å². The first kappa shape index (κ1) is 12.4. The summed E-state index contributed by atoms with van der Waals surface area (Å²) in [5.74, 6) is 0.999. The van der Waals surface area contributed by atoms with E-state index in [1.165, 1.54) is 23.1 Å². The van der Waals surface area contributed by atoms with E-state index >= 15 is 0 Å². The maximum absolute atomic E-state index is 6.39. The second-order valence-corrected chi connectivity index (χ2v) is 5.95. The summed E-state index contributed by atoms with van der Waals surface area (Å²) in [6.45, 7) is 6.76. The molecule has 0 saturated heterocycles. The van der Waals surface area contributed by atoms with Crippen molar-refractivity contribution in [1.29, 1.82) is 0 Å². The van der Waals surface area contributed by atoms with Crippen molar-refractivity contribution in [3.63, 3.8) is 0 Å². The van der Waals surface area contributed by atoms with Crippen LogP contribution in [0.2, 0.25) is 0 Å². The molecule has 0 aromatic heterocycles. The van der Waals surface area contributed by atoms with Crippen LogP contribution in [0.5, 0.6) is 5.75 Å². The summed E-state index contributed by atoms with van der Waals surface area (Å²) >= 11 is 0. The van der Waals surface area contributed by atoms with Crippen molar-refractivity contribution in [2.24, 2.45) is 11.1 Å². The van der Waals surface area contributed by atoms with E-state index in [1.807, 2.05) is 0 Å². The number of rotatable bonds is 1. The van der Waals surface area contributed by atoms with Crippen molar-refractivity contribution < 1.29 is 4.74 Å². The number of aryl methyl sites for hydroxylation is 1. The Hall–Kier alpha value is -1.02. The van der Waals surface area contributed by atoms with Gasteiger partial charge in [-0.15, -0.1) is 0 Å². The lowest BCUT2D eigenvalue weighted by Gasteiger charge is -2.25. The van der Waals surface area contributed by atoms with Crippen molar-refractivity contribution in [1.82, 2.24) is 0 Å². The normalized spacial score (nSPS) is 22.8. The van der Waals surface area contributed by atoms with Crippen molar-refractivity contribution in [3.05, 3.63) is 28.8 Å². The van der Waals surface area contributed by atoms with Gasteiger partial charge in [0, 0.05) is 6.04 Å². The molecule has 94 valence electrons. The van der Waals surface area contributed by atoms with E-state index in [4.69, 9.17) is 10.5 Å². The standard InChI is InChI=1S/C15H23NO/c1-10-5-6-13(17-4)11-7-8-15(2,3)9-12(16)14(10)11/h5-6,12H,7-9,16H2,1-4H3. The topological polar surface area (TPSA) is 35.2 Å². The van der Waals surface area contributed by atoms with Gasteiger partial charge in [-0.2, -0.15) is 0 Å². The van der Waals surface area contributed by atoms with Crippen molar-refractivity contribution in [2.45, 2.75) is 46.1 Å². The van der Waals surface area contributed by atoms with Gasteiger partial charge in [-0.1, -0.05) is 19.9 Å². The highest BCUT2D eigenvalue weighted by Crippen LogP contribution is 2.42. The first-order chi connectivity index (χ1) is 7.94. The minimum atomic E-state index is 0.137. The predicted octanol–water partition coefficient (Wildman–Crippen LogP) is 3.37. The molecule has 2 N–H and O–H groups in total. The predicted molar refractivity (Wildman–Crippen MR) is 71.4 cm³/mol. The molecule has 1 aliphatic rings. The molecule has 1 atom stereocenters. The second-order valence-electron chi connectivity index (χ2n) is 5.95. The number of ether oxygens (including phenoxy) is 1. The van der Waals surface area contributed by atoms with Gasteiger partial charge in [0.1, 0.15) is 5.75 Å². The Bertz CT molecular complexity index is 423. The second kappa shape index (κ2) is 4.34. The summed E-state index contributed by atoms with van der Waals surface area (Å²) in [5, 5.41) is 0. The molecule has 1 aliphatic carbocycles. The maximum Gasteiger partial charge on any atom is 0.122 e. The monoisotopic (exact) mass is 233 g/mol. The van der Waals surface area contributed by atoms with Crippen LogP contribution in [0, 0.1) is 12.3 Å². The first-order valence-electron chi connectivity index (χ1n) is 6.36. The minimum Gasteiger partial charge on any atom is -0.496 e. The Balaban J connectivity index is 2.53. The maximum atomic E-state index is 6.39. The van der Waals surface area contributed by atoms with E-state index in [1.54, 1.807) is 7.11 Å². The molecule has 2 heteroatoms.